The van der Waals surface area contributed by atoms with Gasteiger partial charge in [-0.15, -0.1) is 10.2 Å². The molecule has 4 aromatic rings. The minimum atomic E-state index is -0.105. The van der Waals surface area contributed by atoms with Gasteiger partial charge in [-0.05, 0) is 49.2 Å². The molecule has 7 nitrogen and oxygen atoms in total. The molecule has 2 aromatic carbocycles. The number of benzene rings is 2. The van der Waals surface area contributed by atoms with Crippen molar-refractivity contribution in [3.63, 3.8) is 0 Å². The van der Waals surface area contributed by atoms with Crippen LogP contribution in [-0.2, 0) is 4.79 Å². The summed E-state index contributed by atoms with van der Waals surface area (Å²) in [6.07, 6.45) is 4.87. The van der Waals surface area contributed by atoms with Crippen LogP contribution in [0, 0.1) is 13.8 Å². The first kappa shape index (κ1) is 19.8. The molecule has 0 aliphatic rings. The molecule has 1 N–H and O–H groups in total. The number of nitrogens with zero attached hydrogens (tertiary/aromatic N) is 5. The fourth-order valence-electron chi connectivity index (χ4n) is 2.90. The molecule has 0 aliphatic heterocycles. The first-order valence-electron chi connectivity index (χ1n) is 9.39. The third kappa shape index (κ3) is 4.38. The second kappa shape index (κ2) is 8.87. The molecule has 8 heteroatoms. The Morgan fingerprint density at radius 1 is 1.03 bits per heavy atom. The number of amides is 1. The Kier molecular flexibility index (Phi) is 5.85. The summed E-state index contributed by atoms with van der Waals surface area (Å²) >= 11 is 1.32. The Balaban J connectivity index is 1.56. The van der Waals surface area contributed by atoms with E-state index < -0.39 is 0 Å². The van der Waals surface area contributed by atoms with Gasteiger partial charge in [0.15, 0.2) is 11.0 Å². The van der Waals surface area contributed by atoms with E-state index in [2.05, 4.69) is 25.5 Å². The first-order chi connectivity index (χ1) is 14.6. The van der Waals surface area contributed by atoms with Crippen molar-refractivity contribution in [2.45, 2.75) is 19.0 Å². The third-order valence-electron chi connectivity index (χ3n) is 4.56. The van der Waals surface area contributed by atoms with Gasteiger partial charge < -0.3 is 5.32 Å². The van der Waals surface area contributed by atoms with Crippen LogP contribution in [0.1, 0.15) is 11.1 Å². The maximum absolute atomic E-state index is 12.5. The monoisotopic (exact) mass is 416 g/mol. The van der Waals surface area contributed by atoms with E-state index in [0.717, 1.165) is 16.9 Å². The highest BCUT2D eigenvalue weighted by Gasteiger charge is 2.18. The minimum absolute atomic E-state index is 0.105. The largest absolute Gasteiger partial charge is 0.325 e. The summed E-state index contributed by atoms with van der Waals surface area (Å²) < 4.78 is 1.89. The number of anilines is 1. The summed E-state index contributed by atoms with van der Waals surface area (Å²) in [7, 11) is 0. The molecule has 0 saturated carbocycles. The Morgan fingerprint density at radius 2 is 1.87 bits per heavy atom. The quantitative estimate of drug-likeness (QED) is 0.477. The van der Waals surface area contributed by atoms with E-state index in [9.17, 15) is 4.79 Å². The molecule has 0 saturated heterocycles. The number of carbonyl (C=O) groups is 1. The number of aryl methyl sites for hydroxylation is 2. The average Bonchev–Trinajstić information content (AvgIpc) is 3.20. The molecular weight excluding hydrogens is 396 g/mol. The maximum Gasteiger partial charge on any atom is 0.234 e. The summed E-state index contributed by atoms with van der Waals surface area (Å²) in [5, 5.41) is 12.2. The maximum atomic E-state index is 12.5. The molecule has 0 unspecified atom stereocenters. The van der Waals surface area contributed by atoms with Crippen LogP contribution in [0.2, 0.25) is 0 Å². The topological polar surface area (TPSA) is 85.6 Å². The third-order valence-corrected chi connectivity index (χ3v) is 5.49. The van der Waals surface area contributed by atoms with Crippen LogP contribution in [0.25, 0.3) is 17.2 Å². The lowest BCUT2D eigenvalue weighted by atomic mass is 10.1. The van der Waals surface area contributed by atoms with E-state index >= 15 is 0 Å². The Labute approximate surface area is 178 Å². The van der Waals surface area contributed by atoms with Gasteiger partial charge in [0.05, 0.1) is 11.9 Å². The van der Waals surface area contributed by atoms with Gasteiger partial charge >= 0.3 is 0 Å². The summed E-state index contributed by atoms with van der Waals surface area (Å²) in [5.74, 6) is 0.677. The number of para-hydroxylation sites is 1. The Hall–Kier alpha value is -3.52. The van der Waals surface area contributed by atoms with Crippen molar-refractivity contribution in [1.82, 2.24) is 24.7 Å². The van der Waals surface area contributed by atoms with E-state index in [1.54, 1.807) is 18.6 Å². The number of hydrogen-bond acceptors (Lipinski definition) is 6. The van der Waals surface area contributed by atoms with Crippen molar-refractivity contribution in [1.29, 1.82) is 0 Å². The van der Waals surface area contributed by atoms with Crippen LogP contribution in [0.5, 0.6) is 0 Å². The standard InChI is InChI=1S/C22H20N6OS/c1-15-8-9-17(12-16(15)2)25-20(29)14-30-22-27-26-21(19-13-23-10-11-24-19)28(22)18-6-4-3-5-7-18/h3-13H,14H2,1-2H3,(H,25,29). The highest BCUT2D eigenvalue weighted by atomic mass is 32.2. The van der Waals surface area contributed by atoms with Crippen LogP contribution in [0.4, 0.5) is 5.69 Å². The van der Waals surface area contributed by atoms with E-state index in [-0.39, 0.29) is 11.7 Å². The molecule has 0 bridgehead atoms. The van der Waals surface area contributed by atoms with Crippen molar-refractivity contribution in [3.8, 4) is 17.2 Å². The summed E-state index contributed by atoms with van der Waals surface area (Å²) in [4.78, 5) is 21.0. The molecule has 0 fully saturated rings. The van der Waals surface area contributed by atoms with Crippen molar-refractivity contribution >= 4 is 23.4 Å². The number of hydrogen-bond donors (Lipinski definition) is 1. The molecule has 1 amide bonds. The lowest BCUT2D eigenvalue weighted by Crippen LogP contribution is -2.14. The van der Waals surface area contributed by atoms with E-state index in [0.29, 0.717) is 16.7 Å². The summed E-state index contributed by atoms with van der Waals surface area (Å²) in [6, 6.07) is 15.6. The van der Waals surface area contributed by atoms with Crippen LogP contribution >= 0.6 is 11.8 Å². The molecular formula is C22H20N6OS. The molecule has 0 aliphatic carbocycles. The number of rotatable bonds is 6. The highest BCUT2D eigenvalue weighted by molar-refractivity contribution is 7.99. The van der Waals surface area contributed by atoms with Crippen LogP contribution < -0.4 is 5.32 Å². The van der Waals surface area contributed by atoms with E-state index in [1.165, 1.54) is 17.3 Å². The van der Waals surface area contributed by atoms with E-state index in [1.807, 2.05) is 66.9 Å². The molecule has 2 heterocycles. The number of thioether (sulfide) groups is 1. The number of aromatic nitrogens is 5. The zero-order chi connectivity index (χ0) is 20.9. The number of carbonyl (C=O) groups excluding carboxylic acids is 1. The van der Waals surface area contributed by atoms with Gasteiger partial charge in [-0.1, -0.05) is 36.0 Å². The zero-order valence-electron chi connectivity index (χ0n) is 16.6. The Morgan fingerprint density at radius 3 is 2.60 bits per heavy atom. The summed E-state index contributed by atoms with van der Waals surface area (Å²) in [6.45, 7) is 4.07. The molecule has 0 atom stereocenters. The zero-order valence-corrected chi connectivity index (χ0v) is 17.4. The number of nitrogens with one attached hydrogen (secondary N) is 1. The second-order valence-corrected chi connectivity index (χ2v) is 7.65. The van der Waals surface area contributed by atoms with Crippen molar-refractivity contribution in [2.24, 2.45) is 0 Å². The summed E-state index contributed by atoms with van der Waals surface area (Å²) in [5.41, 5.74) is 4.61. The average molecular weight is 417 g/mol. The highest BCUT2D eigenvalue weighted by Crippen LogP contribution is 2.26. The van der Waals surface area contributed by atoms with Crippen LogP contribution in [0.3, 0.4) is 0 Å². The van der Waals surface area contributed by atoms with Gasteiger partial charge in [0.25, 0.3) is 0 Å². The predicted octanol–water partition coefficient (Wildman–Crippen LogP) is 4.07. The van der Waals surface area contributed by atoms with Crippen molar-refractivity contribution in [3.05, 3.63) is 78.2 Å². The normalized spacial score (nSPS) is 10.7. The lowest BCUT2D eigenvalue weighted by Gasteiger charge is -2.10. The SMILES string of the molecule is Cc1ccc(NC(=O)CSc2nnc(-c3cnccn3)n2-c2ccccc2)cc1C. The van der Waals surface area contributed by atoms with Gasteiger partial charge in [0.2, 0.25) is 5.91 Å². The molecule has 2 aromatic heterocycles. The fraction of sp³-hybridized carbons (Fsp3) is 0.136. The molecule has 0 spiro atoms. The molecule has 4 rings (SSSR count). The van der Waals surface area contributed by atoms with Gasteiger partial charge in [0, 0.05) is 23.8 Å². The van der Waals surface area contributed by atoms with Crippen molar-refractivity contribution in [2.75, 3.05) is 11.1 Å². The molecule has 0 radical (unpaired) electrons. The van der Waals surface area contributed by atoms with Gasteiger partial charge in [-0.2, -0.15) is 0 Å². The lowest BCUT2D eigenvalue weighted by molar-refractivity contribution is -0.113. The smallest absolute Gasteiger partial charge is 0.234 e. The molecule has 30 heavy (non-hydrogen) atoms. The van der Waals surface area contributed by atoms with Gasteiger partial charge in [-0.3, -0.25) is 14.3 Å². The van der Waals surface area contributed by atoms with Crippen LogP contribution in [0.15, 0.2) is 72.3 Å². The fourth-order valence-corrected chi connectivity index (χ4v) is 3.65. The molecule has 150 valence electrons. The second-order valence-electron chi connectivity index (χ2n) is 6.70. The van der Waals surface area contributed by atoms with Gasteiger partial charge in [-0.25, -0.2) is 4.98 Å². The van der Waals surface area contributed by atoms with Crippen molar-refractivity contribution < 1.29 is 4.79 Å². The van der Waals surface area contributed by atoms with Gasteiger partial charge in [0.1, 0.15) is 5.69 Å². The predicted molar refractivity (Wildman–Crippen MR) is 118 cm³/mol. The van der Waals surface area contributed by atoms with E-state index in [4.69, 9.17) is 0 Å². The Bertz CT molecular complexity index is 1160. The first-order valence-corrected chi connectivity index (χ1v) is 10.4. The van der Waals surface area contributed by atoms with Crippen LogP contribution in [-0.4, -0.2) is 36.4 Å². The minimum Gasteiger partial charge on any atom is -0.325 e.